The molecule has 2 unspecified atom stereocenters. The number of carbonyl (C=O) groups is 1. The first-order chi connectivity index (χ1) is 14.6. The average Bonchev–Trinajstić information content (AvgIpc) is 3.09. The Labute approximate surface area is 186 Å². The van der Waals surface area contributed by atoms with Gasteiger partial charge in [0.15, 0.2) is 4.83 Å². The number of aromatic nitrogens is 3. The minimum absolute atomic E-state index is 0.222. The van der Waals surface area contributed by atoms with Crippen LogP contribution in [0.5, 0.6) is 0 Å². The second-order valence-electron chi connectivity index (χ2n) is 9.74. The van der Waals surface area contributed by atoms with Crippen molar-refractivity contribution in [3.05, 3.63) is 50.1 Å². The van der Waals surface area contributed by atoms with Crippen LogP contribution in [0.2, 0.25) is 0 Å². The highest BCUT2D eigenvalue weighted by molar-refractivity contribution is 7.18. The van der Waals surface area contributed by atoms with Gasteiger partial charge in [-0.1, -0.05) is 38.1 Å². The molecule has 31 heavy (non-hydrogen) atoms. The Morgan fingerprint density at radius 2 is 2.03 bits per heavy atom. The van der Waals surface area contributed by atoms with E-state index in [1.807, 2.05) is 32.0 Å². The van der Waals surface area contributed by atoms with Crippen molar-refractivity contribution in [1.82, 2.24) is 15.0 Å². The number of hydrogen-bond acceptors (Lipinski definition) is 5. The summed E-state index contributed by atoms with van der Waals surface area (Å²) >= 11 is 1.58. The molecule has 0 aliphatic heterocycles. The Balaban J connectivity index is 1.66. The fourth-order valence-corrected chi connectivity index (χ4v) is 5.57. The zero-order valence-corrected chi connectivity index (χ0v) is 19.9. The van der Waals surface area contributed by atoms with Crippen LogP contribution in [0, 0.1) is 25.2 Å². The molecule has 1 N–H and O–H groups in total. The van der Waals surface area contributed by atoms with Crippen molar-refractivity contribution in [2.24, 2.45) is 11.3 Å². The molecule has 2 heterocycles. The first kappa shape index (κ1) is 21.7. The minimum Gasteiger partial charge on any atom is -0.324 e. The number of nitrogens with one attached hydrogen (secondary N) is 1. The van der Waals surface area contributed by atoms with Crippen LogP contribution >= 0.6 is 11.3 Å². The molecule has 0 bridgehead atoms. The van der Waals surface area contributed by atoms with Crippen LogP contribution < -0.4 is 10.9 Å². The topological polar surface area (TPSA) is 76.9 Å². The van der Waals surface area contributed by atoms with E-state index >= 15 is 0 Å². The molecule has 1 aliphatic rings. The SMILES string of the molecule is Cc1cccc(NC(=O)C(C)n2nnc3sc4c(c3c2=O)CCC(C(C)(C)C)C4)c1C. The van der Waals surface area contributed by atoms with E-state index in [1.165, 1.54) is 9.56 Å². The number of hydrogen-bond donors (Lipinski definition) is 1. The number of amides is 1. The van der Waals surface area contributed by atoms with Crippen LogP contribution in [0.3, 0.4) is 0 Å². The lowest BCUT2D eigenvalue weighted by Gasteiger charge is -2.33. The van der Waals surface area contributed by atoms with Gasteiger partial charge in [0.25, 0.3) is 5.56 Å². The van der Waals surface area contributed by atoms with Gasteiger partial charge in [0, 0.05) is 10.6 Å². The summed E-state index contributed by atoms with van der Waals surface area (Å²) in [5, 5.41) is 12.0. The van der Waals surface area contributed by atoms with Crippen LogP contribution in [-0.2, 0) is 17.6 Å². The number of anilines is 1. The smallest absolute Gasteiger partial charge is 0.279 e. The normalized spacial score (nSPS) is 17.4. The van der Waals surface area contributed by atoms with Crippen molar-refractivity contribution in [3.8, 4) is 0 Å². The van der Waals surface area contributed by atoms with Crippen molar-refractivity contribution in [2.45, 2.75) is 66.8 Å². The summed E-state index contributed by atoms with van der Waals surface area (Å²) in [5.41, 5.74) is 3.98. The van der Waals surface area contributed by atoms with Gasteiger partial charge in [-0.3, -0.25) is 9.59 Å². The summed E-state index contributed by atoms with van der Waals surface area (Å²) in [5.74, 6) is 0.312. The van der Waals surface area contributed by atoms with E-state index in [0.717, 1.165) is 41.6 Å². The van der Waals surface area contributed by atoms with Crippen LogP contribution in [-0.4, -0.2) is 20.9 Å². The maximum absolute atomic E-state index is 13.3. The van der Waals surface area contributed by atoms with E-state index in [4.69, 9.17) is 0 Å². The van der Waals surface area contributed by atoms with E-state index < -0.39 is 6.04 Å². The standard InChI is InChI=1S/C24H30N4O2S/c1-13-8-7-9-18(14(13)2)25-21(29)15(3)28-23(30)20-17-11-10-16(24(4,5)6)12-19(17)31-22(20)26-27-28/h7-9,15-16H,10-12H2,1-6H3,(H,25,29). The first-order valence-corrected chi connectivity index (χ1v) is 11.7. The first-order valence-electron chi connectivity index (χ1n) is 10.8. The van der Waals surface area contributed by atoms with Crippen molar-refractivity contribution >= 4 is 33.1 Å². The van der Waals surface area contributed by atoms with Gasteiger partial charge in [0.2, 0.25) is 5.91 Å². The van der Waals surface area contributed by atoms with E-state index in [1.54, 1.807) is 18.3 Å². The van der Waals surface area contributed by atoms with Crippen molar-refractivity contribution in [2.75, 3.05) is 5.32 Å². The fourth-order valence-electron chi connectivity index (χ4n) is 4.33. The van der Waals surface area contributed by atoms with Gasteiger partial charge >= 0.3 is 0 Å². The maximum atomic E-state index is 13.3. The predicted molar refractivity (Wildman–Crippen MR) is 126 cm³/mol. The summed E-state index contributed by atoms with van der Waals surface area (Å²) < 4.78 is 1.23. The minimum atomic E-state index is -0.759. The molecule has 0 spiro atoms. The molecule has 7 heteroatoms. The molecular formula is C24H30N4O2S. The highest BCUT2D eigenvalue weighted by Gasteiger charge is 2.32. The monoisotopic (exact) mass is 438 g/mol. The third-order valence-corrected chi connectivity index (χ3v) is 7.87. The molecule has 2 aromatic heterocycles. The molecule has 4 rings (SSSR count). The summed E-state index contributed by atoms with van der Waals surface area (Å²) in [6, 6.07) is 5.02. The number of nitrogens with zero attached hydrogens (tertiary/aromatic N) is 3. The highest BCUT2D eigenvalue weighted by atomic mass is 32.1. The quantitative estimate of drug-likeness (QED) is 0.636. The van der Waals surface area contributed by atoms with Gasteiger partial charge in [-0.25, -0.2) is 0 Å². The van der Waals surface area contributed by atoms with Gasteiger partial charge in [-0.2, -0.15) is 4.68 Å². The predicted octanol–water partition coefficient (Wildman–Crippen LogP) is 4.82. The second-order valence-corrected chi connectivity index (χ2v) is 10.8. The zero-order chi connectivity index (χ0) is 22.5. The Morgan fingerprint density at radius 1 is 1.29 bits per heavy atom. The van der Waals surface area contributed by atoms with Crippen LogP contribution in [0.15, 0.2) is 23.0 Å². The van der Waals surface area contributed by atoms with Gasteiger partial charge in [-0.05, 0) is 74.1 Å². The van der Waals surface area contributed by atoms with E-state index in [-0.39, 0.29) is 16.9 Å². The molecule has 6 nitrogen and oxygen atoms in total. The fraction of sp³-hybridized carbons (Fsp3) is 0.500. The maximum Gasteiger partial charge on any atom is 0.279 e. The zero-order valence-electron chi connectivity index (χ0n) is 19.1. The average molecular weight is 439 g/mol. The number of aryl methyl sites for hydroxylation is 2. The van der Waals surface area contributed by atoms with Gasteiger partial charge in [0.05, 0.1) is 5.39 Å². The molecule has 0 radical (unpaired) electrons. The molecule has 164 valence electrons. The van der Waals surface area contributed by atoms with Crippen molar-refractivity contribution in [1.29, 1.82) is 0 Å². The van der Waals surface area contributed by atoms with Crippen LogP contribution in [0.25, 0.3) is 10.2 Å². The number of benzene rings is 1. The van der Waals surface area contributed by atoms with Crippen molar-refractivity contribution < 1.29 is 4.79 Å². The lowest BCUT2D eigenvalue weighted by molar-refractivity contribution is -0.119. The van der Waals surface area contributed by atoms with E-state index in [0.29, 0.717) is 16.1 Å². The lowest BCUT2D eigenvalue weighted by Crippen LogP contribution is -2.34. The Morgan fingerprint density at radius 3 is 2.74 bits per heavy atom. The molecule has 0 fully saturated rings. The van der Waals surface area contributed by atoms with Crippen LogP contribution in [0.1, 0.15) is 61.7 Å². The van der Waals surface area contributed by atoms with E-state index in [9.17, 15) is 9.59 Å². The summed E-state index contributed by atoms with van der Waals surface area (Å²) in [6.45, 7) is 12.5. The third-order valence-electron chi connectivity index (χ3n) is 6.73. The number of fused-ring (bicyclic) bond motifs is 3. The Kier molecular flexibility index (Phi) is 5.50. The third kappa shape index (κ3) is 3.91. The molecule has 2 atom stereocenters. The summed E-state index contributed by atoms with van der Waals surface area (Å²) in [6.07, 6.45) is 2.91. The van der Waals surface area contributed by atoms with Crippen LogP contribution in [0.4, 0.5) is 5.69 Å². The largest absolute Gasteiger partial charge is 0.324 e. The van der Waals surface area contributed by atoms with E-state index in [2.05, 4.69) is 36.4 Å². The summed E-state index contributed by atoms with van der Waals surface area (Å²) in [4.78, 5) is 28.2. The van der Waals surface area contributed by atoms with Gasteiger partial charge in [0.1, 0.15) is 6.04 Å². The number of rotatable bonds is 3. The lowest BCUT2D eigenvalue weighted by atomic mass is 9.72. The summed E-state index contributed by atoms with van der Waals surface area (Å²) in [7, 11) is 0. The number of thiophene rings is 1. The molecule has 0 saturated heterocycles. The molecule has 1 aliphatic carbocycles. The Hall–Kier alpha value is -2.54. The molecular weight excluding hydrogens is 408 g/mol. The van der Waals surface area contributed by atoms with Gasteiger partial charge < -0.3 is 5.32 Å². The second kappa shape index (κ2) is 7.86. The molecule has 1 amide bonds. The highest BCUT2D eigenvalue weighted by Crippen LogP contribution is 2.41. The molecule has 0 saturated carbocycles. The molecule has 3 aromatic rings. The number of carbonyl (C=O) groups excluding carboxylic acids is 1. The molecule has 1 aromatic carbocycles. The van der Waals surface area contributed by atoms with Gasteiger partial charge in [-0.15, -0.1) is 16.4 Å². The Bertz CT molecular complexity index is 1220. The van der Waals surface area contributed by atoms with Crippen molar-refractivity contribution in [3.63, 3.8) is 0 Å².